The molecule has 1 heterocycles. The van der Waals surface area contributed by atoms with Gasteiger partial charge in [-0.3, -0.25) is 4.90 Å². The minimum Gasteiger partial charge on any atom is -0.385 e. The number of hydrogen-bond donors (Lipinski definition) is 1. The van der Waals surface area contributed by atoms with Gasteiger partial charge in [-0.15, -0.1) is 0 Å². The summed E-state index contributed by atoms with van der Waals surface area (Å²) < 4.78 is 10.4. The van der Waals surface area contributed by atoms with E-state index >= 15 is 0 Å². The lowest BCUT2D eigenvalue weighted by Crippen LogP contribution is -2.67. The largest absolute Gasteiger partial charge is 0.385 e. The highest BCUT2D eigenvalue weighted by molar-refractivity contribution is 4.98. The number of nitrogens with zero attached hydrogens (tertiary/aromatic N) is 1. The number of methoxy groups -OCH3 is 1. The van der Waals surface area contributed by atoms with Gasteiger partial charge in [0.1, 0.15) is 0 Å². The van der Waals surface area contributed by atoms with Gasteiger partial charge in [-0.05, 0) is 12.8 Å². The van der Waals surface area contributed by atoms with Crippen molar-refractivity contribution in [2.24, 2.45) is 5.73 Å². The zero-order valence-electron chi connectivity index (χ0n) is 10.00. The minimum absolute atomic E-state index is 0.0794. The van der Waals surface area contributed by atoms with Crippen molar-refractivity contribution in [1.82, 2.24) is 4.90 Å². The molecule has 0 aliphatic carbocycles. The summed E-state index contributed by atoms with van der Waals surface area (Å²) in [4.78, 5) is 2.35. The molecule has 1 rings (SSSR count). The van der Waals surface area contributed by atoms with E-state index in [9.17, 15) is 0 Å². The van der Waals surface area contributed by atoms with E-state index in [2.05, 4.69) is 11.8 Å². The zero-order chi connectivity index (χ0) is 11.1. The lowest BCUT2D eigenvalue weighted by Gasteiger charge is -2.47. The predicted molar refractivity (Wildman–Crippen MR) is 61.0 cm³/mol. The fourth-order valence-corrected chi connectivity index (χ4v) is 1.83. The van der Waals surface area contributed by atoms with E-state index in [1.54, 1.807) is 7.11 Å². The minimum atomic E-state index is 0.0794. The number of hydrogen-bond acceptors (Lipinski definition) is 4. The van der Waals surface area contributed by atoms with Gasteiger partial charge in [0, 0.05) is 45.5 Å². The monoisotopic (exact) mass is 216 g/mol. The van der Waals surface area contributed by atoms with Crippen molar-refractivity contribution >= 4 is 0 Å². The number of nitrogens with two attached hydrogens (primary N) is 1. The van der Waals surface area contributed by atoms with Crippen LogP contribution in [-0.4, -0.2) is 57.0 Å². The Balaban J connectivity index is 1.86. The standard InChI is InChI=1S/C11H24N2O2/c1-3-11(12)9-13(10-11)5-8-15-7-4-6-14-2/h3-10,12H2,1-2H3. The molecule has 4 nitrogen and oxygen atoms in total. The van der Waals surface area contributed by atoms with Crippen molar-refractivity contribution in [2.45, 2.75) is 25.3 Å². The van der Waals surface area contributed by atoms with E-state index in [4.69, 9.17) is 15.2 Å². The Bertz CT molecular complexity index is 170. The maximum atomic E-state index is 6.06. The Morgan fingerprint density at radius 3 is 2.60 bits per heavy atom. The third kappa shape index (κ3) is 4.47. The van der Waals surface area contributed by atoms with Crippen molar-refractivity contribution < 1.29 is 9.47 Å². The average Bonchev–Trinajstić information content (AvgIpc) is 2.20. The third-order valence-corrected chi connectivity index (χ3v) is 2.97. The first-order chi connectivity index (χ1) is 7.20. The molecule has 1 saturated heterocycles. The van der Waals surface area contributed by atoms with E-state index in [0.29, 0.717) is 0 Å². The van der Waals surface area contributed by atoms with Crippen LogP contribution in [0.5, 0.6) is 0 Å². The molecule has 15 heavy (non-hydrogen) atoms. The molecule has 1 aliphatic heterocycles. The number of ether oxygens (including phenoxy) is 2. The van der Waals surface area contributed by atoms with Crippen LogP contribution in [-0.2, 0) is 9.47 Å². The van der Waals surface area contributed by atoms with Crippen molar-refractivity contribution in [3.63, 3.8) is 0 Å². The summed E-state index contributed by atoms with van der Waals surface area (Å²) in [6.45, 7) is 7.58. The molecule has 4 heteroatoms. The molecule has 0 aromatic rings. The summed E-state index contributed by atoms with van der Waals surface area (Å²) in [5.41, 5.74) is 6.14. The van der Waals surface area contributed by atoms with Crippen LogP contribution in [0.1, 0.15) is 19.8 Å². The summed E-state index contributed by atoms with van der Waals surface area (Å²) in [7, 11) is 1.71. The van der Waals surface area contributed by atoms with Gasteiger partial charge < -0.3 is 15.2 Å². The maximum absolute atomic E-state index is 6.06. The van der Waals surface area contributed by atoms with Crippen molar-refractivity contribution in [2.75, 3.05) is 46.6 Å². The number of likely N-dealkylation sites (tertiary alicyclic amines) is 1. The Morgan fingerprint density at radius 2 is 2.00 bits per heavy atom. The topological polar surface area (TPSA) is 47.7 Å². The Hall–Kier alpha value is -0.160. The Kier molecular flexibility index (Phi) is 5.53. The van der Waals surface area contributed by atoms with Crippen LogP contribution in [0.2, 0.25) is 0 Å². The van der Waals surface area contributed by atoms with Gasteiger partial charge in [0.05, 0.1) is 6.61 Å². The first kappa shape index (κ1) is 12.9. The molecule has 0 aromatic carbocycles. The molecular formula is C11H24N2O2. The molecule has 1 aliphatic rings. The summed E-state index contributed by atoms with van der Waals surface area (Å²) in [6.07, 6.45) is 2.05. The van der Waals surface area contributed by atoms with Crippen molar-refractivity contribution in [3.8, 4) is 0 Å². The molecule has 0 bridgehead atoms. The van der Waals surface area contributed by atoms with Crippen LogP contribution < -0.4 is 5.73 Å². The SMILES string of the molecule is CCC1(N)CN(CCOCCCOC)C1. The van der Waals surface area contributed by atoms with Gasteiger partial charge in [0.15, 0.2) is 0 Å². The molecule has 2 N–H and O–H groups in total. The Labute approximate surface area is 92.7 Å². The van der Waals surface area contributed by atoms with Crippen molar-refractivity contribution in [1.29, 1.82) is 0 Å². The van der Waals surface area contributed by atoms with Crippen LogP contribution in [0.25, 0.3) is 0 Å². The van der Waals surface area contributed by atoms with E-state index < -0.39 is 0 Å². The van der Waals surface area contributed by atoms with E-state index in [1.807, 2.05) is 0 Å². The highest BCUT2D eigenvalue weighted by Gasteiger charge is 2.36. The third-order valence-electron chi connectivity index (χ3n) is 2.97. The van der Waals surface area contributed by atoms with Crippen LogP contribution >= 0.6 is 0 Å². The lowest BCUT2D eigenvalue weighted by molar-refractivity contribution is 0.0263. The molecule has 0 amide bonds. The summed E-state index contributed by atoms with van der Waals surface area (Å²) >= 11 is 0. The van der Waals surface area contributed by atoms with Gasteiger partial charge in [0.2, 0.25) is 0 Å². The predicted octanol–water partition coefficient (Wildman–Crippen LogP) is 0.463. The molecule has 0 spiro atoms. The molecule has 0 radical (unpaired) electrons. The fraction of sp³-hybridized carbons (Fsp3) is 1.00. The van der Waals surface area contributed by atoms with E-state index in [1.165, 1.54) is 0 Å². The summed E-state index contributed by atoms with van der Waals surface area (Å²) in [5.74, 6) is 0. The fourth-order valence-electron chi connectivity index (χ4n) is 1.83. The molecular weight excluding hydrogens is 192 g/mol. The van der Waals surface area contributed by atoms with Gasteiger partial charge in [-0.1, -0.05) is 6.92 Å². The van der Waals surface area contributed by atoms with Crippen LogP contribution in [0, 0.1) is 0 Å². The first-order valence-electron chi connectivity index (χ1n) is 5.78. The second kappa shape index (κ2) is 6.43. The quantitative estimate of drug-likeness (QED) is 0.599. The van der Waals surface area contributed by atoms with Crippen LogP contribution in [0.4, 0.5) is 0 Å². The van der Waals surface area contributed by atoms with Gasteiger partial charge in [-0.2, -0.15) is 0 Å². The normalized spacial score (nSPS) is 20.2. The number of rotatable bonds is 8. The molecule has 0 atom stereocenters. The summed E-state index contributed by atoms with van der Waals surface area (Å²) in [5, 5.41) is 0. The van der Waals surface area contributed by atoms with E-state index in [0.717, 1.165) is 52.3 Å². The highest BCUT2D eigenvalue weighted by Crippen LogP contribution is 2.20. The zero-order valence-corrected chi connectivity index (χ0v) is 10.00. The second-order valence-electron chi connectivity index (χ2n) is 4.39. The maximum Gasteiger partial charge on any atom is 0.0593 e. The average molecular weight is 216 g/mol. The van der Waals surface area contributed by atoms with E-state index in [-0.39, 0.29) is 5.54 Å². The van der Waals surface area contributed by atoms with Gasteiger partial charge in [0.25, 0.3) is 0 Å². The van der Waals surface area contributed by atoms with Gasteiger partial charge >= 0.3 is 0 Å². The molecule has 0 unspecified atom stereocenters. The van der Waals surface area contributed by atoms with Crippen LogP contribution in [0.3, 0.4) is 0 Å². The highest BCUT2D eigenvalue weighted by atomic mass is 16.5. The Morgan fingerprint density at radius 1 is 1.27 bits per heavy atom. The lowest BCUT2D eigenvalue weighted by atomic mass is 9.88. The first-order valence-corrected chi connectivity index (χ1v) is 5.78. The molecule has 1 fully saturated rings. The molecule has 0 saturated carbocycles. The summed E-state index contributed by atoms with van der Waals surface area (Å²) in [6, 6.07) is 0. The van der Waals surface area contributed by atoms with Crippen LogP contribution in [0.15, 0.2) is 0 Å². The smallest absolute Gasteiger partial charge is 0.0593 e. The van der Waals surface area contributed by atoms with Crippen molar-refractivity contribution in [3.05, 3.63) is 0 Å². The molecule has 0 aromatic heterocycles. The molecule has 90 valence electrons. The van der Waals surface area contributed by atoms with Gasteiger partial charge in [-0.25, -0.2) is 0 Å². The second-order valence-corrected chi connectivity index (χ2v) is 4.39.